The third-order valence-electron chi connectivity index (χ3n) is 4.26. The molecule has 120 valence electrons. The lowest BCUT2D eigenvalue weighted by Gasteiger charge is -2.38. The number of benzene rings is 2. The zero-order valence-corrected chi connectivity index (χ0v) is 13.6. The summed E-state index contributed by atoms with van der Waals surface area (Å²) in [5.74, 6) is 0.0426. The Morgan fingerprint density at radius 2 is 1.87 bits per heavy atom. The maximum Gasteiger partial charge on any atom is 0.257 e. The Hall–Kier alpha value is -2.33. The summed E-state index contributed by atoms with van der Waals surface area (Å²) in [6, 6.07) is 16.1. The lowest BCUT2D eigenvalue weighted by atomic mass is 10.0. The van der Waals surface area contributed by atoms with E-state index < -0.39 is 0 Å². The minimum Gasteiger partial charge on any atom is -0.383 e. The minimum absolute atomic E-state index is 0.0426. The number of aryl methyl sites for hydroxylation is 1. The van der Waals surface area contributed by atoms with Crippen molar-refractivity contribution in [3.05, 3.63) is 65.2 Å². The topological polar surface area (TPSA) is 41.6 Å². The molecule has 1 amide bonds. The quantitative estimate of drug-likeness (QED) is 0.919. The molecule has 0 unspecified atom stereocenters. The summed E-state index contributed by atoms with van der Waals surface area (Å²) in [5, 5.41) is 3.49. The molecule has 0 radical (unpaired) electrons. The van der Waals surface area contributed by atoms with Crippen molar-refractivity contribution in [3.63, 3.8) is 0 Å². The Labute approximate surface area is 137 Å². The first-order valence-corrected chi connectivity index (χ1v) is 7.99. The molecular formula is C19H22N2O2. The highest BCUT2D eigenvalue weighted by atomic mass is 16.5. The summed E-state index contributed by atoms with van der Waals surface area (Å²) >= 11 is 0. The van der Waals surface area contributed by atoms with Crippen molar-refractivity contribution >= 4 is 11.6 Å². The predicted molar refractivity (Wildman–Crippen MR) is 91.5 cm³/mol. The number of rotatable bonds is 5. The molecule has 4 nitrogen and oxygen atoms in total. The molecule has 1 heterocycles. The van der Waals surface area contributed by atoms with Gasteiger partial charge in [-0.1, -0.05) is 43.3 Å². The number of ether oxygens (including phenoxy) is 1. The van der Waals surface area contributed by atoms with E-state index in [0.29, 0.717) is 18.7 Å². The van der Waals surface area contributed by atoms with Gasteiger partial charge in [0.2, 0.25) is 0 Å². The number of nitrogens with one attached hydrogen (secondary N) is 1. The van der Waals surface area contributed by atoms with E-state index in [9.17, 15) is 4.79 Å². The van der Waals surface area contributed by atoms with Gasteiger partial charge in [0.05, 0.1) is 12.2 Å². The Kier molecular flexibility index (Phi) is 4.63. The van der Waals surface area contributed by atoms with Crippen molar-refractivity contribution in [2.75, 3.05) is 25.6 Å². The van der Waals surface area contributed by atoms with E-state index in [0.717, 1.165) is 17.7 Å². The summed E-state index contributed by atoms with van der Waals surface area (Å²) < 4.78 is 5.18. The van der Waals surface area contributed by atoms with E-state index in [1.54, 1.807) is 7.11 Å². The fourth-order valence-corrected chi connectivity index (χ4v) is 2.91. The van der Waals surface area contributed by atoms with Crippen molar-refractivity contribution in [2.24, 2.45) is 0 Å². The van der Waals surface area contributed by atoms with Crippen molar-refractivity contribution in [1.82, 2.24) is 4.90 Å². The molecule has 2 aromatic carbocycles. The van der Waals surface area contributed by atoms with Crippen LogP contribution in [0.1, 0.15) is 34.6 Å². The molecule has 0 fully saturated rings. The van der Waals surface area contributed by atoms with Crippen molar-refractivity contribution in [1.29, 1.82) is 0 Å². The van der Waals surface area contributed by atoms with Crippen molar-refractivity contribution < 1.29 is 9.53 Å². The molecular weight excluding hydrogens is 288 g/mol. The molecule has 0 saturated heterocycles. The van der Waals surface area contributed by atoms with Gasteiger partial charge >= 0.3 is 0 Å². The molecule has 4 heteroatoms. The molecule has 0 spiro atoms. The first-order valence-electron chi connectivity index (χ1n) is 7.99. The monoisotopic (exact) mass is 310 g/mol. The van der Waals surface area contributed by atoms with Gasteiger partial charge in [0.15, 0.2) is 0 Å². The second-order valence-corrected chi connectivity index (χ2v) is 5.68. The van der Waals surface area contributed by atoms with E-state index in [1.807, 2.05) is 29.2 Å². The first kappa shape index (κ1) is 15.6. The van der Waals surface area contributed by atoms with Crippen LogP contribution in [-0.4, -0.2) is 31.1 Å². The predicted octanol–water partition coefficient (Wildman–Crippen LogP) is 3.46. The summed E-state index contributed by atoms with van der Waals surface area (Å²) in [7, 11) is 1.65. The molecule has 2 aromatic rings. The van der Waals surface area contributed by atoms with Gasteiger partial charge in [-0.05, 0) is 29.7 Å². The Balaban J connectivity index is 1.96. The number of hydrogen-bond donors (Lipinski definition) is 1. The Morgan fingerprint density at radius 1 is 1.13 bits per heavy atom. The van der Waals surface area contributed by atoms with Gasteiger partial charge < -0.3 is 15.0 Å². The van der Waals surface area contributed by atoms with Crippen LogP contribution in [0.2, 0.25) is 0 Å². The third kappa shape index (κ3) is 3.08. The smallest absolute Gasteiger partial charge is 0.257 e. The van der Waals surface area contributed by atoms with Crippen molar-refractivity contribution in [3.8, 4) is 0 Å². The number of para-hydroxylation sites is 1. The maximum atomic E-state index is 12.9. The SMILES string of the molecule is CCc1ccc([C@@H]2Nc3ccccc3C(=O)N2CCOC)cc1. The molecule has 23 heavy (non-hydrogen) atoms. The van der Waals surface area contributed by atoms with Crippen LogP contribution in [-0.2, 0) is 11.2 Å². The summed E-state index contributed by atoms with van der Waals surface area (Å²) in [6.45, 7) is 3.20. The van der Waals surface area contributed by atoms with Gasteiger partial charge in [-0.25, -0.2) is 0 Å². The summed E-state index contributed by atoms with van der Waals surface area (Å²) in [5.41, 5.74) is 3.97. The van der Waals surface area contributed by atoms with Gasteiger partial charge in [0, 0.05) is 19.3 Å². The summed E-state index contributed by atoms with van der Waals surface area (Å²) in [6.07, 6.45) is 0.839. The zero-order valence-electron chi connectivity index (χ0n) is 13.6. The van der Waals surface area contributed by atoms with Crippen molar-refractivity contribution in [2.45, 2.75) is 19.5 Å². The second-order valence-electron chi connectivity index (χ2n) is 5.68. The number of methoxy groups -OCH3 is 1. The molecule has 0 aliphatic carbocycles. The maximum absolute atomic E-state index is 12.9. The van der Waals surface area contributed by atoms with E-state index in [1.165, 1.54) is 5.56 Å². The number of fused-ring (bicyclic) bond motifs is 1. The number of anilines is 1. The lowest BCUT2D eigenvalue weighted by molar-refractivity contribution is 0.0609. The molecule has 1 N–H and O–H groups in total. The highest BCUT2D eigenvalue weighted by molar-refractivity contribution is 6.01. The van der Waals surface area contributed by atoms with Gasteiger partial charge in [-0.15, -0.1) is 0 Å². The largest absolute Gasteiger partial charge is 0.383 e. The highest BCUT2D eigenvalue weighted by Crippen LogP contribution is 2.32. The van der Waals surface area contributed by atoms with E-state index in [-0.39, 0.29) is 12.1 Å². The fraction of sp³-hybridized carbons (Fsp3) is 0.316. The number of nitrogens with zero attached hydrogens (tertiary/aromatic N) is 1. The van der Waals surface area contributed by atoms with Gasteiger partial charge in [-0.2, -0.15) is 0 Å². The van der Waals surface area contributed by atoms with Crippen LogP contribution in [0.25, 0.3) is 0 Å². The average Bonchev–Trinajstić information content (AvgIpc) is 2.61. The minimum atomic E-state index is -0.168. The molecule has 3 rings (SSSR count). The summed E-state index contributed by atoms with van der Waals surface area (Å²) in [4.78, 5) is 14.7. The van der Waals surface area contributed by atoms with Crippen LogP contribution >= 0.6 is 0 Å². The molecule has 1 aliphatic rings. The number of carbonyl (C=O) groups excluding carboxylic acids is 1. The second kappa shape index (κ2) is 6.84. The van der Waals surface area contributed by atoms with Crippen LogP contribution in [0, 0.1) is 0 Å². The molecule has 0 saturated carbocycles. The number of carbonyl (C=O) groups is 1. The van der Waals surface area contributed by atoms with E-state index in [4.69, 9.17) is 4.74 Å². The van der Waals surface area contributed by atoms with E-state index >= 15 is 0 Å². The molecule has 1 atom stereocenters. The van der Waals surface area contributed by atoms with Crippen LogP contribution in [0.15, 0.2) is 48.5 Å². The lowest BCUT2D eigenvalue weighted by Crippen LogP contribution is -2.44. The Bertz CT molecular complexity index is 682. The average molecular weight is 310 g/mol. The number of hydrogen-bond acceptors (Lipinski definition) is 3. The van der Waals surface area contributed by atoms with Gasteiger partial charge in [-0.3, -0.25) is 4.79 Å². The third-order valence-corrected chi connectivity index (χ3v) is 4.26. The fourth-order valence-electron chi connectivity index (χ4n) is 2.91. The number of amides is 1. The van der Waals surface area contributed by atoms with Gasteiger partial charge in [0.1, 0.15) is 6.17 Å². The van der Waals surface area contributed by atoms with E-state index in [2.05, 4.69) is 36.5 Å². The van der Waals surface area contributed by atoms with Crippen LogP contribution in [0.4, 0.5) is 5.69 Å². The normalized spacial score (nSPS) is 16.9. The standard InChI is InChI=1S/C19H22N2O2/c1-3-14-8-10-15(11-9-14)18-20-17-7-5-4-6-16(17)19(22)21(18)12-13-23-2/h4-11,18,20H,3,12-13H2,1-2H3/t18-/m1/s1. The first-order chi connectivity index (χ1) is 11.2. The van der Waals surface area contributed by atoms with Crippen LogP contribution in [0.3, 0.4) is 0 Å². The Morgan fingerprint density at radius 3 is 2.57 bits per heavy atom. The molecule has 0 aromatic heterocycles. The van der Waals surface area contributed by atoms with Gasteiger partial charge in [0.25, 0.3) is 5.91 Å². The van der Waals surface area contributed by atoms with Crippen LogP contribution in [0.5, 0.6) is 0 Å². The highest BCUT2D eigenvalue weighted by Gasteiger charge is 2.32. The zero-order chi connectivity index (χ0) is 16.2. The molecule has 0 bridgehead atoms. The van der Waals surface area contributed by atoms with Crippen LogP contribution < -0.4 is 5.32 Å². The molecule has 1 aliphatic heterocycles.